The highest BCUT2D eigenvalue weighted by Gasteiger charge is 2.43. The van der Waals surface area contributed by atoms with E-state index in [1.807, 2.05) is 4.90 Å². The quantitative estimate of drug-likeness (QED) is 0.649. The number of nitrogens with zero attached hydrogens (tertiary/aromatic N) is 3. The number of carbonyl (C=O) groups is 1. The molecule has 1 aromatic rings. The van der Waals surface area contributed by atoms with E-state index in [0.717, 1.165) is 12.8 Å². The molecule has 4 rings (SSSR count). The van der Waals surface area contributed by atoms with E-state index in [1.165, 1.54) is 17.0 Å². The number of anilines is 1. The largest absolute Gasteiger partial charge is 0.482 e. The fourth-order valence-corrected chi connectivity index (χ4v) is 3.91. The standard InChI is InChI=1S/C16H16FN3O5/c17-14-4-11(5-15-13(14)3-12(8-25-15)20(23)24)18-6-9-1-2-10(7-18)19(9)16(21)22/h3-5,9-10H,1-2,6-8H2,(H,21,22). The van der Waals surface area contributed by atoms with Crippen LogP contribution in [-0.4, -0.2) is 52.8 Å². The van der Waals surface area contributed by atoms with Crippen LogP contribution in [0.4, 0.5) is 14.9 Å². The first-order valence-electron chi connectivity index (χ1n) is 8.01. The first-order chi connectivity index (χ1) is 11.9. The van der Waals surface area contributed by atoms with Crippen LogP contribution in [0.3, 0.4) is 0 Å². The van der Waals surface area contributed by atoms with Gasteiger partial charge < -0.3 is 14.7 Å². The third kappa shape index (κ3) is 2.55. The Morgan fingerprint density at radius 2 is 2.00 bits per heavy atom. The van der Waals surface area contributed by atoms with Crippen molar-refractivity contribution in [1.29, 1.82) is 0 Å². The second kappa shape index (κ2) is 5.61. The van der Waals surface area contributed by atoms with Crippen molar-refractivity contribution in [2.24, 2.45) is 0 Å². The minimum Gasteiger partial charge on any atom is -0.482 e. The van der Waals surface area contributed by atoms with Gasteiger partial charge in [0.05, 0.1) is 22.6 Å². The normalized spacial score (nSPS) is 24.4. The molecular formula is C16H16FN3O5. The van der Waals surface area contributed by atoms with Gasteiger partial charge in [0.25, 0.3) is 5.70 Å². The fourth-order valence-electron chi connectivity index (χ4n) is 3.91. The number of hydrogen-bond acceptors (Lipinski definition) is 5. The third-order valence-electron chi connectivity index (χ3n) is 5.07. The van der Waals surface area contributed by atoms with Crippen LogP contribution < -0.4 is 9.64 Å². The van der Waals surface area contributed by atoms with Crippen LogP contribution in [0.1, 0.15) is 18.4 Å². The molecule has 2 fully saturated rings. The van der Waals surface area contributed by atoms with Crippen molar-refractivity contribution in [2.75, 3.05) is 24.6 Å². The highest BCUT2D eigenvalue weighted by Crippen LogP contribution is 2.37. The van der Waals surface area contributed by atoms with E-state index in [9.17, 15) is 24.4 Å². The van der Waals surface area contributed by atoms with Gasteiger partial charge in [-0.15, -0.1) is 0 Å². The van der Waals surface area contributed by atoms with Gasteiger partial charge in [0, 0.05) is 30.9 Å². The van der Waals surface area contributed by atoms with Gasteiger partial charge in [-0.3, -0.25) is 15.0 Å². The predicted octanol–water partition coefficient (Wildman–Crippen LogP) is 2.17. The zero-order chi connectivity index (χ0) is 17.7. The van der Waals surface area contributed by atoms with Crippen LogP contribution >= 0.6 is 0 Å². The van der Waals surface area contributed by atoms with Crippen LogP contribution in [0.15, 0.2) is 17.8 Å². The Kier molecular flexibility index (Phi) is 3.52. The first kappa shape index (κ1) is 15.7. The Morgan fingerprint density at radius 3 is 2.60 bits per heavy atom. The zero-order valence-corrected chi connectivity index (χ0v) is 13.2. The molecule has 0 radical (unpaired) electrons. The summed E-state index contributed by atoms with van der Waals surface area (Å²) in [5.74, 6) is -0.312. The Morgan fingerprint density at radius 1 is 1.32 bits per heavy atom. The molecular weight excluding hydrogens is 333 g/mol. The van der Waals surface area contributed by atoms with Gasteiger partial charge in [0.1, 0.15) is 11.6 Å². The second-order valence-electron chi connectivity index (χ2n) is 6.50. The van der Waals surface area contributed by atoms with Crippen LogP contribution in [0.2, 0.25) is 0 Å². The number of fused-ring (bicyclic) bond motifs is 3. The van der Waals surface area contributed by atoms with Gasteiger partial charge in [-0.2, -0.15) is 0 Å². The smallest absolute Gasteiger partial charge is 0.407 e. The molecule has 0 aliphatic carbocycles. The van der Waals surface area contributed by atoms with Gasteiger partial charge in [0.2, 0.25) is 0 Å². The van der Waals surface area contributed by atoms with Crippen molar-refractivity contribution in [1.82, 2.24) is 4.90 Å². The number of carboxylic acid groups (broad SMARTS) is 1. The molecule has 3 aliphatic rings. The first-order valence-corrected chi connectivity index (χ1v) is 8.01. The summed E-state index contributed by atoms with van der Waals surface area (Å²) in [5.41, 5.74) is 0.497. The molecule has 1 N–H and O–H groups in total. The van der Waals surface area contributed by atoms with Crippen LogP contribution in [0, 0.1) is 15.9 Å². The average Bonchev–Trinajstić information content (AvgIpc) is 2.85. The number of benzene rings is 1. The zero-order valence-electron chi connectivity index (χ0n) is 13.2. The van der Waals surface area contributed by atoms with Crippen LogP contribution in [0.5, 0.6) is 5.75 Å². The summed E-state index contributed by atoms with van der Waals surface area (Å²) in [6.45, 7) is 0.787. The van der Waals surface area contributed by atoms with E-state index in [1.54, 1.807) is 6.07 Å². The van der Waals surface area contributed by atoms with E-state index >= 15 is 0 Å². The highest BCUT2D eigenvalue weighted by molar-refractivity contribution is 5.69. The number of ether oxygens (including phenoxy) is 1. The fraction of sp³-hybridized carbons (Fsp3) is 0.438. The van der Waals surface area contributed by atoms with Crippen molar-refractivity contribution in [3.8, 4) is 5.75 Å². The summed E-state index contributed by atoms with van der Waals surface area (Å²) in [7, 11) is 0. The Labute approximate surface area is 142 Å². The summed E-state index contributed by atoms with van der Waals surface area (Å²) < 4.78 is 19.8. The molecule has 9 heteroatoms. The molecule has 2 saturated heterocycles. The van der Waals surface area contributed by atoms with Gasteiger partial charge in [-0.1, -0.05) is 0 Å². The molecule has 132 valence electrons. The topological polar surface area (TPSA) is 96.2 Å². The van der Waals surface area contributed by atoms with E-state index in [0.29, 0.717) is 18.8 Å². The monoisotopic (exact) mass is 349 g/mol. The average molecular weight is 349 g/mol. The lowest BCUT2D eigenvalue weighted by atomic mass is 10.1. The minimum absolute atomic E-state index is 0.0776. The maximum absolute atomic E-state index is 14.5. The van der Waals surface area contributed by atoms with Crippen LogP contribution in [0.25, 0.3) is 6.08 Å². The lowest BCUT2D eigenvalue weighted by Crippen LogP contribution is -2.55. The lowest BCUT2D eigenvalue weighted by molar-refractivity contribution is -0.427. The number of rotatable bonds is 2. The molecule has 0 saturated carbocycles. The maximum atomic E-state index is 14.5. The molecule has 2 bridgehead atoms. The number of amides is 1. The van der Waals surface area contributed by atoms with Gasteiger partial charge >= 0.3 is 6.09 Å². The Hall–Kier alpha value is -2.84. The SMILES string of the molecule is O=C(O)N1C2CCC1CN(c1cc(F)c3c(c1)OCC([N+](=O)[O-])=C3)C2. The van der Waals surface area contributed by atoms with E-state index in [2.05, 4.69) is 0 Å². The summed E-state index contributed by atoms with van der Waals surface area (Å²) in [6.07, 6.45) is 1.88. The van der Waals surface area contributed by atoms with E-state index < -0.39 is 16.8 Å². The van der Waals surface area contributed by atoms with Crippen molar-refractivity contribution >= 4 is 17.9 Å². The summed E-state index contributed by atoms with van der Waals surface area (Å²) in [6, 6.07) is 2.80. The molecule has 3 aliphatic heterocycles. The molecule has 3 heterocycles. The van der Waals surface area contributed by atoms with Crippen molar-refractivity contribution in [2.45, 2.75) is 24.9 Å². The number of hydrogen-bond donors (Lipinski definition) is 1. The maximum Gasteiger partial charge on any atom is 0.407 e. The van der Waals surface area contributed by atoms with Crippen LogP contribution in [-0.2, 0) is 0 Å². The molecule has 1 aromatic carbocycles. The minimum atomic E-state index is -0.912. The van der Waals surface area contributed by atoms with Crippen molar-refractivity contribution < 1.29 is 24.0 Å². The molecule has 2 atom stereocenters. The van der Waals surface area contributed by atoms with Gasteiger partial charge in [0.15, 0.2) is 6.61 Å². The Balaban J connectivity index is 1.63. The third-order valence-corrected chi connectivity index (χ3v) is 5.07. The lowest BCUT2D eigenvalue weighted by Gasteiger charge is -2.40. The summed E-state index contributed by atoms with van der Waals surface area (Å²) >= 11 is 0. The molecule has 0 aromatic heterocycles. The van der Waals surface area contributed by atoms with E-state index in [-0.39, 0.29) is 35.7 Å². The predicted molar refractivity (Wildman–Crippen MR) is 85.8 cm³/mol. The molecule has 0 spiro atoms. The van der Waals surface area contributed by atoms with Crippen molar-refractivity contribution in [3.05, 3.63) is 39.3 Å². The molecule has 2 unspecified atom stereocenters. The molecule has 8 nitrogen and oxygen atoms in total. The molecule has 25 heavy (non-hydrogen) atoms. The van der Waals surface area contributed by atoms with Gasteiger partial charge in [-0.25, -0.2) is 9.18 Å². The summed E-state index contributed by atoms with van der Waals surface area (Å²) in [4.78, 5) is 25.1. The highest BCUT2D eigenvalue weighted by atomic mass is 19.1. The van der Waals surface area contributed by atoms with Gasteiger partial charge in [-0.05, 0) is 18.9 Å². The second-order valence-corrected chi connectivity index (χ2v) is 6.50. The Bertz CT molecular complexity index is 782. The summed E-state index contributed by atoms with van der Waals surface area (Å²) in [5, 5.41) is 20.1. The van der Waals surface area contributed by atoms with Crippen molar-refractivity contribution in [3.63, 3.8) is 0 Å². The molecule has 1 amide bonds. The number of nitro groups is 1. The number of piperazine rings is 1. The number of halogens is 1. The van der Waals surface area contributed by atoms with E-state index in [4.69, 9.17) is 4.74 Å².